The van der Waals surface area contributed by atoms with Gasteiger partial charge >= 0.3 is 0 Å². The summed E-state index contributed by atoms with van der Waals surface area (Å²) in [4.78, 5) is 16.3. The number of hydrogen-bond acceptors (Lipinski definition) is 4. The van der Waals surface area contributed by atoms with Crippen LogP contribution in [0.2, 0.25) is 0 Å². The zero-order valence-corrected chi connectivity index (χ0v) is 8.72. The topological polar surface area (TPSA) is 43.1 Å². The van der Waals surface area contributed by atoms with Crippen molar-refractivity contribution >= 4 is 17.1 Å². The molecule has 3 nitrogen and oxygen atoms in total. The van der Waals surface area contributed by atoms with E-state index in [2.05, 4.69) is 4.98 Å². The molecule has 0 aliphatic carbocycles. The van der Waals surface area contributed by atoms with E-state index >= 15 is 0 Å². The van der Waals surface area contributed by atoms with Crippen LogP contribution in [-0.4, -0.2) is 10.8 Å². The summed E-state index contributed by atoms with van der Waals surface area (Å²) in [5.74, 6) is 0.710. The van der Waals surface area contributed by atoms with Crippen LogP contribution in [0, 0.1) is 6.92 Å². The molecule has 0 N–H and O–H groups in total. The predicted molar refractivity (Wildman–Crippen MR) is 54.6 cm³/mol. The Labute approximate surface area is 85.4 Å². The predicted octanol–water partition coefficient (Wildman–Crippen LogP) is 2.91. The fraction of sp³-hybridized carbons (Fsp3) is 0.200. The average Bonchev–Trinajstić information content (AvgIpc) is 2.70. The summed E-state index contributed by atoms with van der Waals surface area (Å²) in [7, 11) is 0. The molecule has 0 amide bonds. The Morgan fingerprint density at radius 3 is 2.86 bits per heavy atom. The first kappa shape index (κ1) is 9.15. The normalized spacial score (nSPS) is 10.4. The Kier molecular flexibility index (Phi) is 2.21. The van der Waals surface area contributed by atoms with Crippen LogP contribution in [0.3, 0.4) is 0 Å². The first-order valence-electron chi connectivity index (χ1n) is 4.20. The summed E-state index contributed by atoms with van der Waals surface area (Å²) < 4.78 is 5.20. The lowest BCUT2D eigenvalue weighted by molar-refractivity contribution is 0.101. The Hall–Kier alpha value is -1.42. The number of carbonyl (C=O) groups is 1. The van der Waals surface area contributed by atoms with E-state index in [1.807, 2.05) is 13.0 Å². The maximum Gasteiger partial charge on any atom is 0.179 e. The van der Waals surface area contributed by atoms with E-state index < -0.39 is 0 Å². The Bertz CT molecular complexity index is 456. The molecular formula is C10H9NO2S. The molecule has 0 atom stereocenters. The van der Waals surface area contributed by atoms with E-state index in [-0.39, 0.29) is 5.78 Å². The van der Waals surface area contributed by atoms with Gasteiger partial charge in [0.05, 0.1) is 6.26 Å². The van der Waals surface area contributed by atoms with Crippen LogP contribution >= 0.6 is 11.3 Å². The third-order valence-corrected chi connectivity index (χ3v) is 2.85. The van der Waals surface area contributed by atoms with Gasteiger partial charge in [-0.1, -0.05) is 0 Å². The van der Waals surface area contributed by atoms with Crippen LogP contribution in [0.25, 0.3) is 10.8 Å². The second-order valence-electron chi connectivity index (χ2n) is 2.96. The van der Waals surface area contributed by atoms with Gasteiger partial charge in [0.2, 0.25) is 0 Å². The molecule has 0 radical (unpaired) electrons. The molecule has 0 saturated carbocycles. The third-order valence-electron chi connectivity index (χ3n) is 1.86. The highest BCUT2D eigenvalue weighted by atomic mass is 32.1. The lowest BCUT2D eigenvalue weighted by atomic mass is 10.3. The molecule has 0 bridgehead atoms. The number of thiazole rings is 1. The molecule has 0 aromatic carbocycles. The van der Waals surface area contributed by atoms with Crippen LogP contribution in [-0.2, 0) is 0 Å². The number of Topliss-reactive ketones (excluding diaryl/α,β-unsaturated/α-hetero) is 1. The fourth-order valence-corrected chi connectivity index (χ4v) is 2.16. The molecule has 72 valence electrons. The quantitative estimate of drug-likeness (QED) is 0.711. The maximum absolute atomic E-state index is 11.2. The van der Waals surface area contributed by atoms with E-state index in [4.69, 9.17) is 4.42 Å². The number of aryl methyl sites for hydroxylation is 1. The van der Waals surface area contributed by atoms with Crippen molar-refractivity contribution in [3.8, 4) is 10.8 Å². The molecule has 2 rings (SSSR count). The molecule has 0 aliphatic heterocycles. The highest BCUT2D eigenvalue weighted by Crippen LogP contribution is 2.27. The summed E-state index contributed by atoms with van der Waals surface area (Å²) in [5.41, 5.74) is 0.543. The van der Waals surface area contributed by atoms with E-state index in [9.17, 15) is 4.79 Å². The van der Waals surface area contributed by atoms with Gasteiger partial charge in [-0.2, -0.15) is 0 Å². The summed E-state index contributed by atoms with van der Waals surface area (Å²) in [6.07, 6.45) is 1.60. The fourth-order valence-electron chi connectivity index (χ4n) is 1.23. The van der Waals surface area contributed by atoms with E-state index in [1.54, 1.807) is 12.3 Å². The zero-order chi connectivity index (χ0) is 10.1. The molecule has 0 saturated heterocycles. The second-order valence-corrected chi connectivity index (χ2v) is 4.16. The van der Waals surface area contributed by atoms with Crippen molar-refractivity contribution in [2.24, 2.45) is 0 Å². The van der Waals surface area contributed by atoms with Crippen molar-refractivity contribution < 1.29 is 9.21 Å². The van der Waals surface area contributed by atoms with Gasteiger partial charge in [0.1, 0.15) is 5.69 Å². The minimum absolute atomic E-state index is 0.00319. The van der Waals surface area contributed by atoms with Crippen LogP contribution in [0.4, 0.5) is 0 Å². The Balaban J connectivity index is 2.48. The number of furan rings is 1. The van der Waals surface area contributed by atoms with Crippen LogP contribution in [0.1, 0.15) is 22.3 Å². The molecule has 0 fully saturated rings. The van der Waals surface area contributed by atoms with Gasteiger partial charge in [0, 0.05) is 11.8 Å². The second kappa shape index (κ2) is 3.38. The lowest BCUT2D eigenvalue weighted by Gasteiger charge is -1.87. The van der Waals surface area contributed by atoms with Crippen LogP contribution in [0.5, 0.6) is 0 Å². The van der Waals surface area contributed by atoms with E-state index in [0.29, 0.717) is 11.5 Å². The highest BCUT2D eigenvalue weighted by molar-refractivity contribution is 7.15. The molecule has 0 aliphatic rings. The SMILES string of the molecule is CC(=O)c1nc(-c2ccco2)sc1C. The molecular weight excluding hydrogens is 198 g/mol. The van der Waals surface area contributed by atoms with Gasteiger partial charge in [-0.05, 0) is 19.1 Å². The molecule has 2 aromatic heterocycles. The maximum atomic E-state index is 11.2. The number of rotatable bonds is 2. The van der Waals surface area contributed by atoms with Crippen molar-refractivity contribution in [2.75, 3.05) is 0 Å². The standard InChI is InChI=1S/C10H9NO2S/c1-6(12)9-7(2)14-10(11-9)8-4-3-5-13-8/h3-5H,1-2H3. The molecule has 0 unspecified atom stereocenters. The first-order chi connectivity index (χ1) is 6.68. The Morgan fingerprint density at radius 1 is 1.57 bits per heavy atom. The minimum Gasteiger partial charge on any atom is -0.462 e. The lowest BCUT2D eigenvalue weighted by Crippen LogP contribution is -1.93. The first-order valence-corrected chi connectivity index (χ1v) is 5.02. The zero-order valence-electron chi connectivity index (χ0n) is 7.90. The van der Waals surface area contributed by atoms with Crippen molar-refractivity contribution in [2.45, 2.75) is 13.8 Å². The number of carbonyl (C=O) groups excluding carboxylic acids is 1. The molecule has 4 heteroatoms. The van der Waals surface area contributed by atoms with Crippen LogP contribution in [0.15, 0.2) is 22.8 Å². The highest BCUT2D eigenvalue weighted by Gasteiger charge is 2.13. The monoisotopic (exact) mass is 207 g/mol. The molecule has 2 aromatic rings. The molecule has 2 heterocycles. The van der Waals surface area contributed by atoms with Gasteiger partial charge < -0.3 is 4.42 Å². The van der Waals surface area contributed by atoms with Crippen molar-refractivity contribution in [1.82, 2.24) is 4.98 Å². The average molecular weight is 207 g/mol. The Morgan fingerprint density at radius 2 is 2.36 bits per heavy atom. The third kappa shape index (κ3) is 1.48. The largest absolute Gasteiger partial charge is 0.462 e. The van der Waals surface area contributed by atoms with E-state index in [0.717, 1.165) is 9.88 Å². The summed E-state index contributed by atoms with van der Waals surface area (Å²) in [6, 6.07) is 3.64. The smallest absolute Gasteiger partial charge is 0.179 e. The van der Waals surface area contributed by atoms with E-state index in [1.165, 1.54) is 18.3 Å². The summed E-state index contributed by atoms with van der Waals surface area (Å²) in [5, 5.41) is 0.762. The van der Waals surface area contributed by atoms with Crippen molar-refractivity contribution in [3.05, 3.63) is 29.0 Å². The molecule has 14 heavy (non-hydrogen) atoms. The minimum atomic E-state index is -0.00319. The van der Waals surface area contributed by atoms with Crippen molar-refractivity contribution in [3.63, 3.8) is 0 Å². The van der Waals surface area contributed by atoms with Gasteiger partial charge in [0.15, 0.2) is 16.6 Å². The summed E-state index contributed by atoms with van der Waals surface area (Å²) in [6.45, 7) is 3.41. The number of ketones is 1. The van der Waals surface area contributed by atoms with Crippen LogP contribution < -0.4 is 0 Å². The molecule has 0 spiro atoms. The van der Waals surface area contributed by atoms with Gasteiger partial charge in [-0.25, -0.2) is 4.98 Å². The number of aromatic nitrogens is 1. The van der Waals surface area contributed by atoms with Gasteiger partial charge in [-0.15, -0.1) is 11.3 Å². The van der Waals surface area contributed by atoms with Gasteiger partial charge in [0.25, 0.3) is 0 Å². The van der Waals surface area contributed by atoms with Crippen molar-refractivity contribution in [1.29, 1.82) is 0 Å². The number of hydrogen-bond donors (Lipinski definition) is 0. The number of nitrogens with zero attached hydrogens (tertiary/aromatic N) is 1. The van der Waals surface area contributed by atoms with Gasteiger partial charge in [-0.3, -0.25) is 4.79 Å². The summed E-state index contributed by atoms with van der Waals surface area (Å²) >= 11 is 1.47.